The lowest BCUT2D eigenvalue weighted by Gasteiger charge is -2.21. The van der Waals surface area contributed by atoms with Gasteiger partial charge >= 0.3 is 0 Å². The summed E-state index contributed by atoms with van der Waals surface area (Å²) in [7, 11) is 0. The van der Waals surface area contributed by atoms with Gasteiger partial charge in [-0.15, -0.1) is 11.3 Å². The van der Waals surface area contributed by atoms with Crippen LogP contribution in [0.5, 0.6) is 0 Å². The number of nitrogens with zero attached hydrogens (tertiary/aromatic N) is 2. The van der Waals surface area contributed by atoms with Gasteiger partial charge in [0.15, 0.2) is 0 Å². The summed E-state index contributed by atoms with van der Waals surface area (Å²) in [6.07, 6.45) is 1.59. The van der Waals surface area contributed by atoms with E-state index in [1.807, 2.05) is 6.07 Å². The molecule has 3 heterocycles. The number of hydrogen-bond donors (Lipinski definition) is 1. The number of hydrogen-bond acceptors (Lipinski definition) is 4. The van der Waals surface area contributed by atoms with Gasteiger partial charge in [0.25, 0.3) is 5.91 Å². The summed E-state index contributed by atoms with van der Waals surface area (Å²) in [6.45, 7) is 1.04. The molecule has 146 valence electrons. The molecule has 6 nitrogen and oxygen atoms in total. The van der Waals surface area contributed by atoms with Crippen molar-refractivity contribution in [1.29, 1.82) is 0 Å². The molecule has 28 heavy (non-hydrogen) atoms. The molecule has 3 amide bonds. The summed E-state index contributed by atoms with van der Waals surface area (Å²) < 4.78 is 0.882. The molecule has 2 aliphatic rings. The number of halogens is 2. The van der Waals surface area contributed by atoms with E-state index in [9.17, 15) is 14.4 Å². The summed E-state index contributed by atoms with van der Waals surface area (Å²) in [5.41, 5.74) is 1.34. The van der Waals surface area contributed by atoms with Gasteiger partial charge in [-0.3, -0.25) is 14.4 Å². The largest absolute Gasteiger partial charge is 0.346 e. The second-order valence-corrected chi connectivity index (χ2v) is 9.64. The third kappa shape index (κ3) is 3.81. The lowest BCUT2D eigenvalue weighted by Crippen LogP contribution is -2.36. The zero-order valence-corrected chi connectivity index (χ0v) is 17.9. The molecule has 4 rings (SSSR count). The zero-order valence-electron chi connectivity index (χ0n) is 14.8. The molecule has 1 atom stereocenters. The van der Waals surface area contributed by atoms with Gasteiger partial charge in [0.05, 0.1) is 25.4 Å². The number of benzene rings is 1. The molecule has 0 radical (unpaired) electrons. The fourth-order valence-electron chi connectivity index (χ4n) is 3.53. The van der Waals surface area contributed by atoms with Gasteiger partial charge in [-0.2, -0.15) is 0 Å². The normalized spacial score (nSPS) is 19.6. The van der Waals surface area contributed by atoms with Gasteiger partial charge in [0.2, 0.25) is 11.8 Å². The van der Waals surface area contributed by atoms with Crippen LogP contribution in [0, 0.1) is 0 Å². The Balaban J connectivity index is 1.46. The Morgan fingerprint density at radius 1 is 1.18 bits per heavy atom. The molecule has 9 heteroatoms. The molecule has 0 spiro atoms. The van der Waals surface area contributed by atoms with E-state index in [1.165, 1.54) is 11.3 Å². The standard InChI is InChI=1S/C19H17BrClN3O3S/c20-16-6-5-15(28-16)19(27)22-11-8-18(26)24(10-11)12-3-4-14(13(21)9-12)23-7-1-2-17(23)25/h3-6,9,11H,1-2,7-8,10H2,(H,22,27)/t11-/m1/s1. The first kappa shape index (κ1) is 19.4. The maximum Gasteiger partial charge on any atom is 0.261 e. The number of nitrogens with one attached hydrogen (secondary N) is 1. The van der Waals surface area contributed by atoms with Gasteiger partial charge in [-0.05, 0) is 52.7 Å². The molecule has 0 bridgehead atoms. The fourth-order valence-corrected chi connectivity index (χ4v) is 5.10. The third-order valence-electron chi connectivity index (χ3n) is 4.86. The highest BCUT2D eigenvalue weighted by Gasteiger charge is 2.33. The Morgan fingerprint density at radius 2 is 2.00 bits per heavy atom. The highest BCUT2D eigenvalue weighted by Crippen LogP contribution is 2.34. The van der Waals surface area contributed by atoms with Crippen LogP contribution >= 0.6 is 38.9 Å². The van der Waals surface area contributed by atoms with E-state index in [4.69, 9.17) is 11.6 Å². The predicted octanol–water partition coefficient (Wildman–Crippen LogP) is 3.83. The topological polar surface area (TPSA) is 69.7 Å². The molecule has 1 N–H and O–H groups in total. The van der Waals surface area contributed by atoms with E-state index in [0.717, 1.165) is 10.2 Å². The van der Waals surface area contributed by atoms with Crippen LogP contribution in [0.1, 0.15) is 28.9 Å². The SMILES string of the molecule is O=C(N[C@@H]1CC(=O)N(c2ccc(N3CCCC3=O)c(Cl)c2)C1)c1ccc(Br)s1. The number of anilines is 2. The predicted molar refractivity (Wildman–Crippen MR) is 113 cm³/mol. The summed E-state index contributed by atoms with van der Waals surface area (Å²) in [5, 5.41) is 3.36. The molecular weight excluding hydrogens is 466 g/mol. The van der Waals surface area contributed by atoms with Crippen LogP contribution in [-0.4, -0.2) is 36.9 Å². The van der Waals surface area contributed by atoms with Crippen molar-refractivity contribution in [2.75, 3.05) is 22.9 Å². The zero-order chi connectivity index (χ0) is 19.8. The van der Waals surface area contributed by atoms with Gasteiger partial charge < -0.3 is 15.1 Å². The second kappa shape index (κ2) is 7.85. The number of carbonyl (C=O) groups excluding carboxylic acids is 3. The van der Waals surface area contributed by atoms with Crippen LogP contribution in [-0.2, 0) is 9.59 Å². The lowest BCUT2D eigenvalue weighted by molar-refractivity contribution is -0.117. The molecule has 0 saturated carbocycles. The summed E-state index contributed by atoms with van der Waals surface area (Å²) >= 11 is 11.1. The number of thiophene rings is 1. The van der Waals surface area contributed by atoms with Crippen molar-refractivity contribution in [2.45, 2.75) is 25.3 Å². The van der Waals surface area contributed by atoms with Gasteiger partial charge in [0.1, 0.15) is 0 Å². The molecule has 2 aliphatic heterocycles. The molecule has 1 aromatic carbocycles. The highest BCUT2D eigenvalue weighted by molar-refractivity contribution is 9.11. The van der Waals surface area contributed by atoms with E-state index >= 15 is 0 Å². The van der Waals surface area contributed by atoms with Crippen LogP contribution < -0.4 is 15.1 Å². The van der Waals surface area contributed by atoms with Gasteiger partial charge in [-0.25, -0.2) is 0 Å². The molecule has 0 aliphatic carbocycles. The second-order valence-electron chi connectivity index (χ2n) is 6.77. The minimum Gasteiger partial charge on any atom is -0.346 e. The van der Waals surface area contributed by atoms with Crippen LogP contribution in [0.2, 0.25) is 5.02 Å². The van der Waals surface area contributed by atoms with Crippen LogP contribution in [0.4, 0.5) is 11.4 Å². The first-order chi connectivity index (χ1) is 13.4. The minimum absolute atomic E-state index is 0.0647. The first-order valence-electron chi connectivity index (χ1n) is 8.89. The van der Waals surface area contributed by atoms with Crippen molar-refractivity contribution in [3.05, 3.63) is 44.0 Å². The Bertz CT molecular complexity index is 964. The molecule has 1 aromatic heterocycles. The molecule has 2 fully saturated rings. The van der Waals surface area contributed by atoms with Crippen LogP contribution in [0.3, 0.4) is 0 Å². The van der Waals surface area contributed by atoms with Crippen LogP contribution in [0.15, 0.2) is 34.1 Å². The lowest BCUT2D eigenvalue weighted by atomic mass is 10.2. The summed E-state index contributed by atoms with van der Waals surface area (Å²) in [5.74, 6) is -0.190. The average Bonchev–Trinajstić information content (AvgIpc) is 3.36. The average molecular weight is 483 g/mol. The molecule has 0 unspecified atom stereocenters. The smallest absolute Gasteiger partial charge is 0.261 e. The number of amides is 3. The van der Waals surface area contributed by atoms with E-state index in [1.54, 1.807) is 34.1 Å². The number of carbonyl (C=O) groups is 3. The fraction of sp³-hybridized carbons (Fsp3) is 0.316. The van der Waals surface area contributed by atoms with E-state index in [-0.39, 0.29) is 30.2 Å². The summed E-state index contributed by atoms with van der Waals surface area (Å²) in [4.78, 5) is 40.6. The Kier molecular flexibility index (Phi) is 5.44. The van der Waals surface area contributed by atoms with E-state index < -0.39 is 0 Å². The van der Waals surface area contributed by atoms with Gasteiger partial charge in [-0.1, -0.05) is 11.6 Å². The monoisotopic (exact) mass is 481 g/mol. The van der Waals surface area contributed by atoms with Crippen molar-refractivity contribution in [2.24, 2.45) is 0 Å². The Morgan fingerprint density at radius 3 is 2.64 bits per heavy atom. The molecule has 2 aromatic rings. The first-order valence-corrected chi connectivity index (χ1v) is 10.9. The van der Waals surface area contributed by atoms with Crippen molar-refractivity contribution >= 4 is 68.0 Å². The quantitative estimate of drug-likeness (QED) is 0.720. The van der Waals surface area contributed by atoms with E-state index in [0.29, 0.717) is 40.8 Å². The molecule has 2 saturated heterocycles. The van der Waals surface area contributed by atoms with Crippen molar-refractivity contribution < 1.29 is 14.4 Å². The maximum absolute atomic E-state index is 12.5. The van der Waals surface area contributed by atoms with Crippen molar-refractivity contribution in [1.82, 2.24) is 5.32 Å². The third-order valence-corrected chi connectivity index (χ3v) is 6.79. The molecular formula is C19H17BrClN3O3S. The Labute approximate surface area is 179 Å². The van der Waals surface area contributed by atoms with Crippen LogP contribution in [0.25, 0.3) is 0 Å². The number of rotatable bonds is 4. The van der Waals surface area contributed by atoms with Crippen molar-refractivity contribution in [3.8, 4) is 0 Å². The summed E-state index contributed by atoms with van der Waals surface area (Å²) in [6, 6.07) is 8.59. The minimum atomic E-state index is -0.264. The van der Waals surface area contributed by atoms with E-state index in [2.05, 4.69) is 21.2 Å². The maximum atomic E-state index is 12.5. The Hall–Kier alpha value is -1.90. The van der Waals surface area contributed by atoms with Crippen molar-refractivity contribution in [3.63, 3.8) is 0 Å². The highest BCUT2D eigenvalue weighted by atomic mass is 79.9. The van der Waals surface area contributed by atoms with Gasteiger partial charge in [0, 0.05) is 31.6 Å².